The number of H-pyrrole nitrogens is 2. The molecule has 0 unspecified atom stereocenters. The number of aromatic amines is 2. The summed E-state index contributed by atoms with van der Waals surface area (Å²) in [6.45, 7) is 0. The third-order valence-electron chi connectivity index (χ3n) is 5.59. The fourth-order valence-corrected chi connectivity index (χ4v) is 4.06. The first-order chi connectivity index (χ1) is 16.2. The lowest BCUT2D eigenvalue weighted by molar-refractivity contribution is -0.389. The van der Waals surface area contributed by atoms with Gasteiger partial charge in [-0.05, 0) is 48.6 Å². The molecule has 0 aliphatic heterocycles. The van der Waals surface area contributed by atoms with Crippen molar-refractivity contribution in [2.24, 2.45) is 0 Å². The molecule has 1 aromatic carbocycles. The number of hydrogen-bond acceptors (Lipinski definition) is 9. The Labute approximate surface area is 188 Å². The Kier molecular flexibility index (Phi) is 4.53. The number of hydrogen-bond donors (Lipinski definition) is 5. The summed E-state index contributed by atoms with van der Waals surface area (Å²) in [5.74, 6) is -3.44. The maximum atomic E-state index is 11.3. The Morgan fingerprint density at radius 1 is 0.765 bits per heavy atom. The van der Waals surface area contributed by atoms with Crippen molar-refractivity contribution >= 4 is 33.4 Å². The highest BCUT2D eigenvalue weighted by molar-refractivity contribution is 5.90. The summed E-state index contributed by atoms with van der Waals surface area (Å²) in [4.78, 5) is 34.9. The topological polar surface area (TPSA) is 204 Å². The van der Waals surface area contributed by atoms with E-state index >= 15 is 0 Å². The Bertz CT molecular complexity index is 1510. The van der Waals surface area contributed by atoms with E-state index < -0.39 is 33.0 Å². The van der Waals surface area contributed by atoms with Gasteiger partial charge in [-0.3, -0.25) is 0 Å². The Morgan fingerprint density at radius 2 is 1.21 bits per heavy atom. The summed E-state index contributed by atoms with van der Waals surface area (Å²) in [5, 5.41) is 53.7. The Morgan fingerprint density at radius 3 is 1.62 bits per heavy atom. The van der Waals surface area contributed by atoms with Crippen LogP contribution in [0.1, 0.15) is 22.6 Å². The quantitative estimate of drug-likeness (QED) is 0.147. The number of fused-ring (bicyclic) bond motifs is 2. The predicted molar refractivity (Wildman–Crippen MR) is 118 cm³/mol. The first-order valence-electron chi connectivity index (χ1n) is 9.72. The molecule has 5 aromatic rings. The lowest BCUT2D eigenvalue weighted by Gasteiger charge is -2.18. The molecule has 170 valence electrons. The molecule has 13 heteroatoms. The number of phenols is 3. The monoisotopic (exact) mass is 462 g/mol. The highest BCUT2D eigenvalue weighted by atomic mass is 16.6. The van der Waals surface area contributed by atoms with Crippen molar-refractivity contribution in [3.63, 3.8) is 0 Å². The first-order valence-corrected chi connectivity index (χ1v) is 9.72. The minimum absolute atomic E-state index is 0.313. The van der Waals surface area contributed by atoms with Gasteiger partial charge in [-0.15, -0.1) is 0 Å². The lowest BCUT2D eigenvalue weighted by atomic mass is 9.84. The van der Waals surface area contributed by atoms with Crippen LogP contribution < -0.4 is 0 Å². The van der Waals surface area contributed by atoms with Gasteiger partial charge in [0.15, 0.2) is 29.6 Å². The average Bonchev–Trinajstić information content (AvgIpc) is 3.41. The smallest absolute Gasteiger partial charge is 0.364 e. The minimum Gasteiger partial charge on any atom is -0.504 e. The van der Waals surface area contributed by atoms with Crippen LogP contribution in [0.4, 0.5) is 11.6 Å². The van der Waals surface area contributed by atoms with E-state index in [1.807, 2.05) is 0 Å². The van der Waals surface area contributed by atoms with Crippen molar-refractivity contribution in [1.29, 1.82) is 0 Å². The van der Waals surface area contributed by atoms with Crippen molar-refractivity contribution in [3.05, 3.63) is 86.0 Å². The largest absolute Gasteiger partial charge is 0.504 e. The van der Waals surface area contributed by atoms with Crippen LogP contribution in [0.15, 0.2) is 49.1 Å². The van der Waals surface area contributed by atoms with Crippen LogP contribution in [0.2, 0.25) is 0 Å². The number of rotatable bonds is 5. The zero-order chi connectivity index (χ0) is 24.1. The zero-order valence-electron chi connectivity index (χ0n) is 17.0. The van der Waals surface area contributed by atoms with Gasteiger partial charge in [0.05, 0.1) is 11.0 Å². The average molecular weight is 462 g/mol. The number of nitro groups is 2. The van der Waals surface area contributed by atoms with Crippen molar-refractivity contribution in [3.8, 4) is 17.2 Å². The second-order valence-electron chi connectivity index (χ2n) is 7.52. The van der Waals surface area contributed by atoms with Gasteiger partial charge in [-0.2, -0.15) is 0 Å². The van der Waals surface area contributed by atoms with Gasteiger partial charge in [-0.25, -0.2) is 0 Å². The van der Waals surface area contributed by atoms with E-state index in [2.05, 4.69) is 19.9 Å². The summed E-state index contributed by atoms with van der Waals surface area (Å²) < 4.78 is 0. The second kappa shape index (κ2) is 7.44. The van der Waals surface area contributed by atoms with Crippen LogP contribution in [-0.2, 0) is 0 Å². The molecule has 4 aromatic heterocycles. The standard InChI is InChI=1S/C21H14N6O7/c28-16-1-9(2-17(29)21(16)30)20(12-5-22-14-7-24-18(26(31)32)3-10(12)14)13-6-23-15-8-25-19(27(33)34)4-11(13)15/h1-8,20,22-23,28-30H. The normalized spacial score (nSPS) is 11.4. The molecule has 0 aliphatic rings. The molecule has 0 saturated carbocycles. The van der Waals surface area contributed by atoms with E-state index in [1.54, 1.807) is 12.4 Å². The molecular weight excluding hydrogens is 448 g/mol. The second-order valence-corrected chi connectivity index (χ2v) is 7.52. The van der Waals surface area contributed by atoms with Crippen molar-refractivity contribution in [2.75, 3.05) is 0 Å². The van der Waals surface area contributed by atoms with Gasteiger partial charge >= 0.3 is 11.6 Å². The van der Waals surface area contributed by atoms with Gasteiger partial charge in [0.1, 0.15) is 0 Å². The minimum atomic E-state index is -0.788. The molecule has 5 N–H and O–H groups in total. The molecule has 34 heavy (non-hydrogen) atoms. The molecule has 0 radical (unpaired) electrons. The van der Waals surface area contributed by atoms with Crippen LogP contribution in [-0.4, -0.2) is 45.1 Å². The molecule has 0 bridgehead atoms. The number of pyridine rings is 2. The van der Waals surface area contributed by atoms with Crippen LogP contribution >= 0.6 is 0 Å². The summed E-state index contributed by atoms with van der Waals surface area (Å²) in [6.07, 6.45) is 5.81. The molecule has 5 rings (SSSR count). The highest BCUT2D eigenvalue weighted by Crippen LogP contribution is 2.45. The van der Waals surface area contributed by atoms with Gasteiger partial charge in [0, 0.05) is 41.2 Å². The molecule has 0 aliphatic carbocycles. The molecule has 13 nitrogen and oxygen atoms in total. The maximum absolute atomic E-state index is 11.3. The fourth-order valence-electron chi connectivity index (χ4n) is 4.06. The number of aromatic nitrogens is 4. The summed E-state index contributed by atoms with van der Waals surface area (Å²) in [6, 6.07) is 5.05. The lowest BCUT2D eigenvalue weighted by Crippen LogP contribution is -2.03. The van der Waals surface area contributed by atoms with Crippen LogP contribution in [0.5, 0.6) is 17.2 Å². The predicted octanol–water partition coefficient (Wildman–Crippen LogP) is 3.55. The molecular formula is C21H14N6O7. The number of nitrogens with one attached hydrogen (secondary N) is 2. The van der Waals surface area contributed by atoms with Gasteiger partial charge in [-0.1, -0.05) is 0 Å². The summed E-state index contributed by atoms with van der Waals surface area (Å²) in [7, 11) is 0. The number of nitrogens with zero attached hydrogens (tertiary/aromatic N) is 4. The van der Waals surface area contributed by atoms with Crippen LogP contribution in [0, 0.1) is 20.2 Å². The van der Waals surface area contributed by atoms with Crippen molar-refractivity contribution in [2.45, 2.75) is 5.92 Å². The molecule has 4 heterocycles. The Hall–Kier alpha value is -5.20. The fraction of sp³-hybridized carbons (Fsp3) is 0.0476. The zero-order valence-corrected chi connectivity index (χ0v) is 17.0. The van der Waals surface area contributed by atoms with E-state index in [0.717, 1.165) is 0 Å². The number of phenolic OH excluding ortho intramolecular Hbond substituents is 3. The number of benzene rings is 1. The molecule has 0 amide bonds. The molecule has 0 spiro atoms. The van der Waals surface area contributed by atoms with Gasteiger partial charge in [0.25, 0.3) is 0 Å². The highest BCUT2D eigenvalue weighted by Gasteiger charge is 2.27. The van der Waals surface area contributed by atoms with Crippen molar-refractivity contribution < 1.29 is 25.2 Å². The van der Waals surface area contributed by atoms with Crippen LogP contribution in [0.25, 0.3) is 21.8 Å². The summed E-state index contributed by atoms with van der Waals surface area (Å²) >= 11 is 0. The summed E-state index contributed by atoms with van der Waals surface area (Å²) in [5.41, 5.74) is 2.31. The van der Waals surface area contributed by atoms with Gasteiger partial charge < -0.3 is 45.5 Å². The molecule has 0 fully saturated rings. The maximum Gasteiger partial charge on any atom is 0.364 e. The molecule has 0 saturated heterocycles. The van der Waals surface area contributed by atoms with E-state index in [-0.39, 0.29) is 11.6 Å². The van der Waals surface area contributed by atoms with Crippen LogP contribution in [0.3, 0.4) is 0 Å². The van der Waals surface area contributed by atoms with Gasteiger partial charge in [0.2, 0.25) is 0 Å². The number of aromatic hydroxyl groups is 3. The third kappa shape index (κ3) is 3.19. The molecule has 0 atom stereocenters. The SMILES string of the molecule is O=[N+]([O-])c1cc2c(C(c3cc(O)c(O)c(O)c3)c3c[nH]c4cnc([N+](=O)[O-])cc34)c[nH]c2cn1. The van der Waals surface area contributed by atoms with E-state index in [1.165, 1.54) is 36.7 Å². The third-order valence-corrected chi connectivity index (χ3v) is 5.59. The van der Waals surface area contributed by atoms with E-state index in [9.17, 15) is 35.5 Å². The van der Waals surface area contributed by atoms with E-state index in [0.29, 0.717) is 38.5 Å². The van der Waals surface area contributed by atoms with Crippen molar-refractivity contribution in [1.82, 2.24) is 19.9 Å². The first kappa shape index (κ1) is 20.7. The Balaban J connectivity index is 1.83. The van der Waals surface area contributed by atoms with E-state index in [4.69, 9.17) is 0 Å².